The maximum Gasteiger partial charge on any atom is 0.0596 e. The lowest BCUT2D eigenvalue weighted by Gasteiger charge is -2.19. The van der Waals surface area contributed by atoms with Gasteiger partial charge in [-0.25, -0.2) is 0 Å². The molecule has 1 N–H and O–H groups in total. The van der Waals surface area contributed by atoms with Gasteiger partial charge < -0.3 is 5.32 Å². The first-order valence-electron chi connectivity index (χ1n) is 6.65. The van der Waals surface area contributed by atoms with Gasteiger partial charge in [-0.3, -0.25) is 4.98 Å². The van der Waals surface area contributed by atoms with Gasteiger partial charge in [-0.05, 0) is 51.6 Å². The molecular weight excluding hydrogens is 348 g/mol. The Hall–Kier alpha value is -1.42. The molecule has 1 atom stereocenters. The van der Waals surface area contributed by atoms with Gasteiger partial charge in [-0.1, -0.05) is 41.9 Å². The first-order chi connectivity index (χ1) is 10.2. The van der Waals surface area contributed by atoms with Crippen molar-refractivity contribution in [3.05, 3.63) is 75.5 Å². The van der Waals surface area contributed by atoms with Gasteiger partial charge in [0.1, 0.15) is 0 Å². The third kappa shape index (κ3) is 2.82. The molecule has 4 heteroatoms. The number of hydrogen-bond donors (Lipinski definition) is 1. The lowest BCUT2D eigenvalue weighted by Crippen LogP contribution is -2.18. The quantitative estimate of drug-likeness (QED) is 0.713. The Morgan fingerprint density at radius 2 is 1.95 bits per heavy atom. The van der Waals surface area contributed by atoms with Crippen LogP contribution in [0.25, 0.3) is 10.8 Å². The molecule has 0 spiro atoms. The second-order valence-electron chi connectivity index (χ2n) is 4.85. The molecule has 3 rings (SSSR count). The Morgan fingerprint density at radius 1 is 1.14 bits per heavy atom. The number of fused-ring (bicyclic) bond motifs is 1. The molecule has 0 radical (unpaired) electrons. The summed E-state index contributed by atoms with van der Waals surface area (Å²) in [6, 6.07) is 14.3. The Bertz CT molecular complexity index is 783. The maximum absolute atomic E-state index is 6.09. The van der Waals surface area contributed by atoms with Crippen molar-refractivity contribution in [1.82, 2.24) is 10.3 Å². The van der Waals surface area contributed by atoms with Gasteiger partial charge in [0, 0.05) is 22.3 Å². The van der Waals surface area contributed by atoms with Crippen molar-refractivity contribution in [3.8, 4) is 0 Å². The summed E-state index contributed by atoms with van der Waals surface area (Å²) in [4.78, 5) is 4.37. The van der Waals surface area contributed by atoms with Crippen LogP contribution in [-0.2, 0) is 0 Å². The van der Waals surface area contributed by atoms with Gasteiger partial charge in [-0.15, -0.1) is 0 Å². The molecule has 2 nitrogen and oxygen atoms in total. The molecular formula is C17H14BrClN2. The third-order valence-electron chi connectivity index (χ3n) is 3.58. The maximum atomic E-state index is 6.09. The second kappa shape index (κ2) is 6.14. The lowest BCUT2D eigenvalue weighted by molar-refractivity contribution is 0.694. The zero-order valence-corrected chi connectivity index (χ0v) is 13.8. The van der Waals surface area contributed by atoms with Gasteiger partial charge in [0.25, 0.3) is 0 Å². The highest BCUT2D eigenvalue weighted by molar-refractivity contribution is 9.10. The molecule has 0 bridgehead atoms. The van der Waals surface area contributed by atoms with Gasteiger partial charge in [0.15, 0.2) is 0 Å². The van der Waals surface area contributed by atoms with E-state index in [-0.39, 0.29) is 6.04 Å². The number of halogens is 2. The average molecular weight is 362 g/mol. The van der Waals surface area contributed by atoms with Gasteiger partial charge in [-0.2, -0.15) is 0 Å². The molecule has 2 aromatic carbocycles. The normalized spacial score (nSPS) is 12.5. The van der Waals surface area contributed by atoms with Crippen molar-refractivity contribution in [2.45, 2.75) is 6.04 Å². The second-order valence-corrected chi connectivity index (χ2v) is 6.11. The van der Waals surface area contributed by atoms with Crippen molar-refractivity contribution < 1.29 is 0 Å². The van der Waals surface area contributed by atoms with Crippen LogP contribution in [0.5, 0.6) is 0 Å². The Morgan fingerprint density at radius 3 is 2.71 bits per heavy atom. The summed E-state index contributed by atoms with van der Waals surface area (Å²) in [7, 11) is 1.95. The van der Waals surface area contributed by atoms with E-state index in [1.807, 2.05) is 43.7 Å². The van der Waals surface area contributed by atoms with Crippen molar-refractivity contribution in [2.75, 3.05) is 7.05 Å². The molecule has 0 amide bonds. The zero-order chi connectivity index (χ0) is 14.8. The van der Waals surface area contributed by atoms with Gasteiger partial charge in [0.05, 0.1) is 11.1 Å². The van der Waals surface area contributed by atoms with Crippen LogP contribution in [0.3, 0.4) is 0 Å². The van der Waals surface area contributed by atoms with Crippen LogP contribution in [0.15, 0.2) is 59.3 Å². The Balaban J connectivity index is 2.16. The third-order valence-corrected chi connectivity index (χ3v) is 4.79. The minimum Gasteiger partial charge on any atom is -0.309 e. The summed E-state index contributed by atoms with van der Waals surface area (Å²) >= 11 is 9.58. The highest BCUT2D eigenvalue weighted by Gasteiger charge is 2.16. The molecule has 0 saturated heterocycles. The van der Waals surface area contributed by atoms with Gasteiger partial charge in [0.2, 0.25) is 0 Å². The standard InChI is InChI=1S/C17H14BrClN2/c1-20-17(11-6-7-16(19)15(18)8-11)14-10-21-9-12-4-2-3-5-13(12)14/h2-10,17,20H,1H3. The van der Waals surface area contributed by atoms with Crippen molar-refractivity contribution in [2.24, 2.45) is 0 Å². The van der Waals surface area contributed by atoms with E-state index in [4.69, 9.17) is 11.6 Å². The summed E-state index contributed by atoms with van der Waals surface area (Å²) in [5.41, 5.74) is 2.30. The fraction of sp³-hybridized carbons (Fsp3) is 0.118. The molecule has 0 aliphatic rings. The lowest BCUT2D eigenvalue weighted by atomic mass is 9.96. The molecule has 1 aromatic heterocycles. The van der Waals surface area contributed by atoms with Gasteiger partial charge >= 0.3 is 0 Å². The highest BCUT2D eigenvalue weighted by Crippen LogP contribution is 2.31. The summed E-state index contributed by atoms with van der Waals surface area (Å²) in [6.07, 6.45) is 3.81. The van der Waals surface area contributed by atoms with E-state index in [0.29, 0.717) is 5.02 Å². The van der Waals surface area contributed by atoms with Crippen molar-refractivity contribution >= 4 is 38.3 Å². The number of aromatic nitrogens is 1. The largest absolute Gasteiger partial charge is 0.309 e. The van der Waals surface area contributed by atoms with Crippen LogP contribution in [0.4, 0.5) is 0 Å². The van der Waals surface area contributed by atoms with E-state index < -0.39 is 0 Å². The first kappa shape index (κ1) is 14.5. The molecule has 1 heterocycles. The summed E-state index contributed by atoms with van der Waals surface area (Å²) in [5, 5.41) is 6.43. The number of nitrogens with one attached hydrogen (secondary N) is 1. The number of hydrogen-bond acceptors (Lipinski definition) is 2. The summed E-state index contributed by atoms with van der Waals surface area (Å²) < 4.78 is 0.898. The number of benzene rings is 2. The minimum atomic E-state index is 0.0668. The van der Waals surface area contributed by atoms with Crippen LogP contribution in [0.2, 0.25) is 5.02 Å². The van der Waals surface area contributed by atoms with Crippen molar-refractivity contribution in [3.63, 3.8) is 0 Å². The molecule has 3 aromatic rings. The fourth-order valence-corrected chi connectivity index (χ4v) is 3.08. The van der Waals surface area contributed by atoms with Crippen LogP contribution in [0, 0.1) is 0 Å². The summed E-state index contributed by atoms with van der Waals surface area (Å²) in [5.74, 6) is 0. The minimum absolute atomic E-state index is 0.0668. The number of pyridine rings is 1. The van der Waals surface area contributed by atoms with E-state index in [0.717, 1.165) is 21.0 Å². The predicted molar refractivity (Wildman–Crippen MR) is 91.8 cm³/mol. The van der Waals surface area contributed by atoms with E-state index in [9.17, 15) is 0 Å². The Labute approximate surface area is 137 Å². The topological polar surface area (TPSA) is 24.9 Å². The zero-order valence-electron chi connectivity index (χ0n) is 11.5. The molecule has 0 saturated carbocycles. The molecule has 1 unspecified atom stereocenters. The van der Waals surface area contributed by atoms with Crippen LogP contribution < -0.4 is 5.32 Å². The number of rotatable bonds is 3. The predicted octanol–water partition coefficient (Wildman–Crippen LogP) is 4.96. The molecule has 0 fully saturated rings. The highest BCUT2D eigenvalue weighted by atomic mass is 79.9. The molecule has 0 aliphatic heterocycles. The van der Waals surface area contributed by atoms with Crippen molar-refractivity contribution in [1.29, 1.82) is 0 Å². The Kier molecular flexibility index (Phi) is 4.24. The van der Waals surface area contributed by atoms with Crippen LogP contribution in [-0.4, -0.2) is 12.0 Å². The summed E-state index contributed by atoms with van der Waals surface area (Å²) in [6.45, 7) is 0. The first-order valence-corrected chi connectivity index (χ1v) is 7.82. The SMILES string of the molecule is CNC(c1ccc(Cl)c(Br)c1)c1cncc2ccccc12. The average Bonchev–Trinajstić information content (AvgIpc) is 2.52. The van der Waals surface area contributed by atoms with Crippen LogP contribution >= 0.6 is 27.5 Å². The van der Waals surface area contributed by atoms with E-state index in [1.165, 1.54) is 5.39 Å². The fourth-order valence-electron chi connectivity index (χ4n) is 2.56. The smallest absolute Gasteiger partial charge is 0.0596 e. The van der Waals surface area contributed by atoms with E-state index in [2.05, 4.69) is 44.4 Å². The molecule has 0 aliphatic carbocycles. The van der Waals surface area contributed by atoms with E-state index in [1.54, 1.807) is 0 Å². The molecule has 21 heavy (non-hydrogen) atoms. The van der Waals surface area contributed by atoms with E-state index >= 15 is 0 Å². The number of nitrogens with zero attached hydrogens (tertiary/aromatic N) is 1. The molecule has 106 valence electrons. The monoisotopic (exact) mass is 360 g/mol. The van der Waals surface area contributed by atoms with Crippen LogP contribution in [0.1, 0.15) is 17.2 Å².